The van der Waals surface area contributed by atoms with Crippen molar-refractivity contribution in [2.45, 2.75) is 51.4 Å². The first-order chi connectivity index (χ1) is 12.0. The summed E-state index contributed by atoms with van der Waals surface area (Å²) in [7, 11) is 0. The minimum absolute atomic E-state index is 0.0685. The Morgan fingerprint density at radius 2 is 1.92 bits per heavy atom. The van der Waals surface area contributed by atoms with Gasteiger partial charge in [-0.1, -0.05) is 35.9 Å². The topological polar surface area (TPSA) is 38.7 Å². The van der Waals surface area contributed by atoms with Gasteiger partial charge < -0.3 is 14.6 Å². The molecule has 0 saturated carbocycles. The van der Waals surface area contributed by atoms with Crippen LogP contribution in [0.15, 0.2) is 42.5 Å². The van der Waals surface area contributed by atoms with Crippen LogP contribution in [0.2, 0.25) is 5.02 Å². The van der Waals surface area contributed by atoms with Crippen LogP contribution in [0.4, 0.5) is 0 Å². The summed E-state index contributed by atoms with van der Waals surface area (Å²) >= 11 is 6.41. The Hall–Kier alpha value is -1.55. The Kier molecular flexibility index (Phi) is 6.00. The Balaban J connectivity index is 1.77. The lowest BCUT2D eigenvalue weighted by molar-refractivity contribution is -0.0895. The van der Waals surface area contributed by atoms with E-state index in [-0.39, 0.29) is 18.3 Å². The summed E-state index contributed by atoms with van der Waals surface area (Å²) in [5, 5.41) is 10.8. The fourth-order valence-electron chi connectivity index (χ4n) is 3.35. The van der Waals surface area contributed by atoms with Crippen molar-refractivity contribution in [3.63, 3.8) is 0 Å². The molecule has 3 rings (SSSR count). The highest BCUT2D eigenvalue weighted by Gasteiger charge is 2.27. The van der Waals surface area contributed by atoms with Crippen molar-refractivity contribution in [2.75, 3.05) is 6.61 Å². The molecule has 1 heterocycles. The number of aliphatic hydroxyl groups excluding tert-OH is 1. The van der Waals surface area contributed by atoms with Gasteiger partial charge in [0.1, 0.15) is 5.75 Å². The number of benzene rings is 2. The molecule has 1 N–H and O–H groups in total. The molecule has 0 radical (unpaired) electrons. The number of rotatable bonds is 5. The average Bonchev–Trinajstić information content (AvgIpc) is 2.58. The fourth-order valence-corrected chi connectivity index (χ4v) is 3.54. The Morgan fingerprint density at radius 1 is 1.16 bits per heavy atom. The highest BCUT2D eigenvalue weighted by atomic mass is 35.5. The Labute approximate surface area is 154 Å². The van der Waals surface area contributed by atoms with E-state index in [1.807, 2.05) is 38.1 Å². The Morgan fingerprint density at radius 3 is 2.60 bits per heavy atom. The molecule has 3 atom stereocenters. The van der Waals surface area contributed by atoms with Crippen LogP contribution >= 0.6 is 11.6 Å². The highest BCUT2D eigenvalue weighted by molar-refractivity contribution is 6.31. The van der Waals surface area contributed by atoms with Crippen molar-refractivity contribution < 1.29 is 14.6 Å². The molecule has 1 aliphatic rings. The van der Waals surface area contributed by atoms with Gasteiger partial charge in [0.25, 0.3) is 0 Å². The molecule has 0 amide bonds. The minimum Gasteiger partial charge on any atom is -0.494 e. The number of aliphatic hydroxyl groups is 1. The molecule has 2 aromatic carbocycles. The Bertz CT molecular complexity index is 689. The second-order valence-corrected chi connectivity index (χ2v) is 7.07. The summed E-state index contributed by atoms with van der Waals surface area (Å²) in [6.45, 7) is 4.65. The zero-order valence-corrected chi connectivity index (χ0v) is 15.5. The average molecular weight is 361 g/mol. The van der Waals surface area contributed by atoms with Crippen molar-refractivity contribution in [1.82, 2.24) is 0 Å². The van der Waals surface area contributed by atoms with Crippen LogP contribution in [0, 0.1) is 0 Å². The predicted molar refractivity (Wildman–Crippen MR) is 100 cm³/mol. The lowest BCUT2D eigenvalue weighted by Crippen LogP contribution is -2.29. The molecule has 2 aromatic rings. The molecule has 3 nitrogen and oxygen atoms in total. The normalized spacial score (nSPS) is 23.4. The van der Waals surface area contributed by atoms with Crippen LogP contribution in [0.5, 0.6) is 5.75 Å². The van der Waals surface area contributed by atoms with Crippen molar-refractivity contribution in [1.29, 1.82) is 0 Å². The van der Waals surface area contributed by atoms with Crippen LogP contribution in [0.1, 0.15) is 49.5 Å². The van der Waals surface area contributed by atoms with Crippen molar-refractivity contribution in [3.05, 3.63) is 64.2 Å². The van der Waals surface area contributed by atoms with Gasteiger partial charge in [-0.2, -0.15) is 0 Å². The van der Waals surface area contributed by atoms with E-state index in [1.165, 1.54) is 5.56 Å². The van der Waals surface area contributed by atoms with Crippen molar-refractivity contribution in [3.8, 4) is 5.75 Å². The standard InChI is InChI=1S/C21H25ClO3/c1-3-24-19-7-4-15(5-8-19)11-17-12-16(6-9-20(17)22)21-13-18(23)10-14(2)25-21/h4-9,12,14,18,21,23H,3,10-11,13H2,1-2H3. The van der Waals surface area contributed by atoms with Crippen molar-refractivity contribution in [2.24, 2.45) is 0 Å². The van der Waals surface area contributed by atoms with Gasteiger partial charge >= 0.3 is 0 Å². The first kappa shape index (κ1) is 18.2. The monoisotopic (exact) mass is 360 g/mol. The lowest BCUT2D eigenvalue weighted by atomic mass is 9.94. The zero-order valence-electron chi connectivity index (χ0n) is 14.7. The third kappa shape index (κ3) is 4.75. The maximum Gasteiger partial charge on any atom is 0.119 e. The summed E-state index contributed by atoms with van der Waals surface area (Å²) in [5.41, 5.74) is 3.33. The van der Waals surface area contributed by atoms with Gasteiger partial charge in [-0.3, -0.25) is 0 Å². The summed E-state index contributed by atoms with van der Waals surface area (Å²) in [5.74, 6) is 0.879. The zero-order chi connectivity index (χ0) is 17.8. The van der Waals surface area contributed by atoms with Crippen LogP contribution in [-0.2, 0) is 11.2 Å². The van der Waals surface area contributed by atoms with Gasteiger partial charge in [-0.05, 0) is 61.6 Å². The second-order valence-electron chi connectivity index (χ2n) is 6.67. The molecule has 1 saturated heterocycles. The highest BCUT2D eigenvalue weighted by Crippen LogP contribution is 2.33. The molecule has 0 bridgehead atoms. The van der Waals surface area contributed by atoms with Gasteiger partial charge in [0.05, 0.1) is 24.9 Å². The molecule has 3 unspecified atom stereocenters. The first-order valence-electron chi connectivity index (χ1n) is 8.88. The molecule has 0 spiro atoms. The quantitative estimate of drug-likeness (QED) is 0.821. The first-order valence-corrected chi connectivity index (χ1v) is 9.26. The van der Waals surface area contributed by atoms with E-state index < -0.39 is 0 Å². The van der Waals surface area contributed by atoms with Gasteiger partial charge in [-0.25, -0.2) is 0 Å². The smallest absolute Gasteiger partial charge is 0.119 e. The maximum atomic E-state index is 10.0. The largest absolute Gasteiger partial charge is 0.494 e. The van der Waals surface area contributed by atoms with E-state index in [4.69, 9.17) is 21.1 Å². The van der Waals surface area contributed by atoms with Crippen LogP contribution in [-0.4, -0.2) is 23.9 Å². The summed E-state index contributed by atoms with van der Waals surface area (Å²) in [6, 6.07) is 14.1. The fraction of sp³-hybridized carbons (Fsp3) is 0.429. The van der Waals surface area contributed by atoms with E-state index in [0.29, 0.717) is 19.4 Å². The van der Waals surface area contributed by atoms with Gasteiger partial charge in [0.2, 0.25) is 0 Å². The molecule has 134 valence electrons. The number of halogens is 1. The third-order valence-corrected chi connectivity index (χ3v) is 4.93. The molecule has 1 fully saturated rings. The molecule has 0 aliphatic carbocycles. The summed E-state index contributed by atoms with van der Waals surface area (Å²) < 4.78 is 11.5. The number of hydrogen-bond acceptors (Lipinski definition) is 3. The van der Waals surface area contributed by atoms with Crippen LogP contribution in [0.3, 0.4) is 0 Å². The van der Waals surface area contributed by atoms with E-state index >= 15 is 0 Å². The maximum absolute atomic E-state index is 10.0. The molecular weight excluding hydrogens is 336 g/mol. The molecule has 4 heteroatoms. The van der Waals surface area contributed by atoms with E-state index in [0.717, 1.165) is 28.3 Å². The van der Waals surface area contributed by atoms with Gasteiger partial charge in [-0.15, -0.1) is 0 Å². The number of ether oxygens (including phenoxy) is 2. The predicted octanol–water partition coefficient (Wildman–Crippen LogP) is 4.93. The van der Waals surface area contributed by atoms with E-state index in [9.17, 15) is 5.11 Å². The molecule has 25 heavy (non-hydrogen) atoms. The van der Waals surface area contributed by atoms with Crippen LogP contribution in [0.25, 0.3) is 0 Å². The van der Waals surface area contributed by atoms with Gasteiger partial charge in [0.15, 0.2) is 0 Å². The minimum atomic E-state index is -0.306. The lowest BCUT2D eigenvalue weighted by Gasteiger charge is -2.31. The number of hydrogen-bond donors (Lipinski definition) is 1. The van der Waals surface area contributed by atoms with Crippen molar-refractivity contribution >= 4 is 11.6 Å². The van der Waals surface area contributed by atoms with E-state index in [2.05, 4.69) is 18.2 Å². The summed E-state index contributed by atoms with van der Waals surface area (Å²) in [4.78, 5) is 0. The van der Waals surface area contributed by atoms with Gasteiger partial charge in [0, 0.05) is 11.4 Å². The van der Waals surface area contributed by atoms with E-state index in [1.54, 1.807) is 0 Å². The molecular formula is C21H25ClO3. The second kappa shape index (κ2) is 8.22. The molecule has 0 aromatic heterocycles. The van der Waals surface area contributed by atoms with Crippen LogP contribution < -0.4 is 4.74 Å². The SMILES string of the molecule is CCOc1ccc(Cc2cc(C3CC(O)CC(C)O3)ccc2Cl)cc1. The molecule has 1 aliphatic heterocycles. The third-order valence-electron chi connectivity index (χ3n) is 4.56. The summed E-state index contributed by atoms with van der Waals surface area (Å²) in [6.07, 6.45) is 1.77.